The summed E-state index contributed by atoms with van der Waals surface area (Å²) in [5, 5.41) is 12.7. The predicted octanol–water partition coefficient (Wildman–Crippen LogP) is 1.84. The van der Waals surface area contributed by atoms with Crippen molar-refractivity contribution in [3.05, 3.63) is 86.2 Å². The Kier molecular flexibility index (Phi) is 5.50. The third-order valence-corrected chi connectivity index (χ3v) is 4.01. The number of rotatable bonds is 6. The second-order valence-corrected chi connectivity index (χ2v) is 6.02. The van der Waals surface area contributed by atoms with Gasteiger partial charge in [0.25, 0.3) is 0 Å². The molecule has 1 aromatic heterocycles. The van der Waals surface area contributed by atoms with Gasteiger partial charge in [-0.25, -0.2) is 14.2 Å². The normalized spacial score (nSPS) is 10.7. The van der Waals surface area contributed by atoms with Gasteiger partial charge in [-0.1, -0.05) is 41.9 Å². The zero-order valence-electron chi connectivity index (χ0n) is 13.8. The van der Waals surface area contributed by atoms with E-state index in [1.165, 1.54) is 4.57 Å². The van der Waals surface area contributed by atoms with Gasteiger partial charge in [0.1, 0.15) is 0 Å². The molecule has 3 aromatic rings. The van der Waals surface area contributed by atoms with E-state index in [0.29, 0.717) is 10.7 Å². The molecule has 0 aliphatic heterocycles. The standard InChI is InChI=1S/C18H17ClN4O3/c19-14-8-6-13(7-9-14)12-23-16(20-15-4-2-1-3-5-15)21-17(25)22(10-11-24)18(23)26/h1-9,24H,10-12H2,(H,20,21,25). The highest BCUT2D eigenvalue weighted by Crippen LogP contribution is 2.14. The summed E-state index contributed by atoms with van der Waals surface area (Å²) in [6.07, 6.45) is 0. The largest absolute Gasteiger partial charge is 0.395 e. The summed E-state index contributed by atoms with van der Waals surface area (Å²) in [6, 6.07) is 16.2. The molecule has 2 N–H and O–H groups in total. The quantitative estimate of drug-likeness (QED) is 0.689. The maximum absolute atomic E-state index is 12.8. The van der Waals surface area contributed by atoms with Crippen molar-refractivity contribution in [2.24, 2.45) is 0 Å². The van der Waals surface area contributed by atoms with Gasteiger partial charge in [-0.2, -0.15) is 4.98 Å². The lowest BCUT2D eigenvalue weighted by atomic mass is 10.2. The average molecular weight is 373 g/mol. The first-order chi connectivity index (χ1) is 12.6. The summed E-state index contributed by atoms with van der Waals surface area (Å²) in [4.78, 5) is 28.9. The van der Waals surface area contributed by atoms with E-state index in [1.54, 1.807) is 36.4 Å². The molecular weight excluding hydrogens is 356 g/mol. The van der Waals surface area contributed by atoms with Crippen LogP contribution in [-0.2, 0) is 13.1 Å². The molecule has 134 valence electrons. The van der Waals surface area contributed by atoms with Crippen molar-refractivity contribution in [3.8, 4) is 0 Å². The van der Waals surface area contributed by atoms with Crippen LogP contribution in [0.2, 0.25) is 5.02 Å². The zero-order chi connectivity index (χ0) is 18.5. The Hall–Kier alpha value is -2.90. The number of halogens is 1. The number of hydrogen-bond acceptors (Lipinski definition) is 5. The number of aliphatic hydroxyl groups is 1. The smallest absolute Gasteiger partial charge is 0.355 e. The van der Waals surface area contributed by atoms with Crippen molar-refractivity contribution in [2.75, 3.05) is 11.9 Å². The first-order valence-electron chi connectivity index (χ1n) is 7.97. The Balaban J connectivity index is 2.08. The molecule has 0 fully saturated rings. The number of nitrogens with one attached hydrogen (secondary N) is 1. The van der Waals surface area contributed by atoms with Crippen LogP contribution in [0.4, 0.5) is 11.6 Å². The van der Waals surface area contributed by atoms with Gasteiger partial charge in [-0.05, 0) is 29.8 Å². The van der Waals surface area contributed by atoms with Gasteiger partial charge in [-0.3, -0.25) is 4.57 Å². The maximum Gasteiger partial charge on any atom is 0.355 e. The van der Waals surface area contributed by atoms with Crippen LogP contribution in [0, 0.1) is 0 Å². The van der Waals surface area contributed by atoms with E-state index >= 15 is 0 Å². The minimum Gasteiger partial charge on any atom is -0.395 e. The molecule has 0 spiro atoms. The van der Waals surface area contributed by atoms with E-state index in [1.807, 2.05) is 18.2 Å². The Morgan fingerprint density at radius 2 is 1.69 bits per heavy atom. The SMILES string of the molecule is O=c1nc(Nc2ccccc2)n(Cc2ccc(Cl)cc2)c(=O)n1CCO. The molecule has 3 rings (SSSR count). The molecule has 0 aliphatic carbocycles. The summed E-state index contributed by atoms with van der Waals surface area (Å²) in [5.41, 5.74) is 0.259. The van der Waals surface area contributed by atoms with Crippen molar-refractivity contribution in [1.82, 2.24) is 14.1 Å². The topological polar surface area (TPSA) is 89.2 Å². The molecule has 2 aromatic carbocycles. The van der Waals surface area contributed by atoms with Crippen LogP contribution in [0.1, 0.15) is 5.56 Å². The summed E-state index contributed by atoms with van der Waals surface area (Å²) in [7, 11) is 0. The lowest BCUT2D eigenvalue weighted by Gasteiger charge is -2.15. The summed E-state index contributed by atoms with van der Waals surface area (Å²) in [5.74, 6) is 0.135. The fourth-order valence-electron chi connectivity index (χ4n) is 2.48. The highest BCUT2D eigenvalue weighted by Gasteiger charge is 2.13. The minimum absolute atomic E-state index is 0.114. The van der Waals surface area contributed by atoms with Gasteiger partial charge in [0.15, 0.2) is 0 Å². The van der Waals surface area contributed by atoms with E-state index in [4.69, 9.17) is 16.7 Å². The number of nitrogens with zero attached hydrogens (tertiary/aromatic N) is 3. The monoisotopic (exact) mass is 372 g/mol. The van der Waals surface area contributed by atoms with Gasteiger partial charge in [0, 0.05) is 10.7 Å². The Morgan fingerprint density at radius 3 is 2.35 bits per heavy atom. The molecule has 7 nitrogen and oxygen atoms in total. The predicted molar refractivity (Wildman–Crippen MR) is 100 cm³/mol. The Morgan fingerprint density at radius 1 is 1.00 bits per heavy atom. The Labute approximate surface area is 154 Å². The van der Waals surface area contributed by atoms with E-state index in [0.717, 1.165) is 10.1 Å². The number of aromatic nitrogens is 3. The molecule has 0 unspecified atom stereocenters. The van der Waals surface area contributed by atoms with Crippen LogP contribution >= 0.6 is 11.6 Å². The van der Waals surface area contributed by atoms with Crippen molar-refractivity contribution < 1.29 is 5.11 Å². The van der Waals surface area contributed by atoms with E-state index in [9.17, 15) is 9.59 Å². The number of aliphatic hydroxyl groups excluding tert-OH is 1. The lowest BCUT2D eigenvalue weighted by molar-refractivity contribution is 0.268. The molecule has 0 saturated heterocycles. The van der Waals surface area contributed by atoms with Crippen LogP contribution in [-0.4, -0.2) is 25.8 Å². The molecule has 26 heavy (non-hydrogen) atoms. The third-order valence-electron chi connectivity index (χ3n) is 3.76. The fourth-order valence-corrected chi connectivity index (χ4v) is 2.61. The van der Waals surface area contributed by atoms with Gasteiger partial charge in [0.05, 0.1) is 19.7 Å². The molecule has 0 aliphatic rings. The second-order valence-electron chi connectivity index (χ2n) is 5.58. The minimum atomic E-state index is -0.713. The number of hydrogen-bond donors (Lipinski definition) is 2. The molecule has 8 heteroatoms. The van der Waals surface area contributed by atoms with E-state index < -0.39 is 11.4 Å². The Bertz CT molecular complexity index is 998. The molecule has 0 saturated carbocycles. The summed E-state index contributed by atoms with van der Waals surface area (Å²) < 4.78 is 2.26. The van der Waals surface area contributed by atoms with Crippen molar-refractivity contribution in [1.29, 1.82) is 0 Å². The first-order valence-corrected chi connectivity index (χ1v) is 8.35. The van der Waals surface area contributed by atoms with Crippen LogP contribution in [0.3, 0.4) is 0 Å². The second kappa shape index (κ2) is 7.99. The molecule has 1 heterocycles. The van der Waals surface area contributed by atoms with Crippen LogP contribution < -0.4 is 16.7 Å². The van der Waals surface area contributed by atoms with Crippen LogP contribution in [0.5, 0.6) is 0 Å². The molecular formula is C18H17ClN4O3. The van der Waals surface area contributed by atoms with Gasteiger partial charge in [0.2, 0.25) is 5.95 Å². The molecule has 0 bridgehead atoms. The number of para-hydroxylation sites is 1. The van der Waals surface area contributed by atoms with Crippen LogP contribution in [0.15, 0.2) is 64.2 Å². The summed E-state index contributed by atoms with van der Waals surface area (Å²) in [6.45, 7) is -0.246. The van der Waals surface area contributed by atoms with Crippen molar-refractivity contribution >= 4 is 23.2 Å². The number of benzene rings is 2. The zero-order valence-corrected chi connectivity index (χ0v) is 14.6. The highest BCUT2D eigenvalue weighted by molar-refractivity contribution is 6.30. The third kappa shape index (κ3) is 4.01. The number of anilines is 2. The first kappa shape index (κ1) is 17.9. The van der Waals surface area contributed by atoms with Gasteiger partial charge < -0.3 is 10.4 Å². The van der Waals surface area contributed by atoms with Crippen molar-refractivity contribution in [2.45, 2.75) is 13.1 Å². The lowest BCUT2D eigenvalue weighted by Crippen LogP contribution is -2.43. The molecule has 0 atom stereocenters. The van der Waals surface area contributed by atoms with Crippen LogP contribution in [0.25, 0.3) is 0 Å². The van der Waals surface area contributed by atoms with E-state index in [2.05, 4.69) is 10.3 Å². The molecule has 0 radical (unpaired) electrons. The summed E-state index contributed by atoms with van der Waals surface area (Å²) >= 11 is 5.91. The fraction of sp³-hybridized carbons (Fsp3) is 0.167. The van der Waals surface area contributed by atoms with E-state index in [-0.39, 0.29) is 25.6 Å². The van der Waals surface area contributed by atoms with Crippen molar-refractivity contribution in [3.63, 3.8) is 0 Å². The average Bonchev–Trinajstić information content (AvgIpc) is 2.64. The maximum atomic E-state index is 12.8. The molecule has 0 amide bonds. The van der Waals surface area contributed by atoms with Gasteiger partial charge in [-0.15, -0.1) is 0 Å². The highest BCUT2D eigenvalue weighted by atomic mass is 35.5. The van der Waals surface area contributed by atoms with Gasteiger partial charge >= 0.3 is 11.4 Å².